The average Bonchev–Trinajstić information content (AvgIpc) is 3.58. The van der Waals surface area contributed by atoms with Crippen LogP contribution in [0.3, 0.4) is 0 Å². The zero-order valence-electron chi connectivity index (χ0n) is 32.8. The second-order valence-corrected chi connectivity index (χ2v) is 16.1. The van der Waals surface area contributed by atoms with E-state index in [1.807, 2.05) is 94.2 Å². The summed E-state index contributed by atoms with van der Waals surface area (Å²) in [6, 6.07) is 16.1. The van der Waals surface area contributed by atoms with Gasteiger partial charge in [0, 0.05) is 37.1 Å². The van der Waals surface area contributed by atoms with E-state index < -0.39 is 0 Å². The van der Waals surface area contributed by atoms with Crippen molar-refractivity contribution >= 4 is 58.6 Å². The normalized spacial score (nSPS) is 21.5. The Morgan fingerprint density at radius 1 is 0.727 bits per heavy atom. The van der Waals surface area contributed by atoms with Crippen LogP contribution in [-0.2, 0) is 36.8 Å². The number of benzene rings is 2. The van der Waals surface area contributed by atoms with E-state index in [4.69, 9.17) is 5.73 Å². The van der Waals surface area contributed by atoms with Gasteiger partial charge < -0.3 is 31.5 Å². The highest BCUT2D eigenvalue weighted by Gasteiger charge is 2.34. The summed E-state index contributed by atoms with van der Waals surface area (Å²) >= 11 is 0. The summed E-state index contributed by atoms with van der Waals surface area (Å²) < 4.78 is 3.67. The van der Waals surface area contributed by atoms with Crippen LogP contribution in [0.4, 0.5) is 34.4 Å². The molecule has 55 heavy (non-hydrogen) atoms. The number of rotatable bonds is 7. The van der Waals surface area contributed by atoms with E-state index in [0.29, 0.717) is 30.8 Å². The Morgan fingerprint density at radius 3 is 1.60 bits per heavy atom. The lowest BCUT2D eigenvalue weighted by molar-refractivity contribution is -0.124. The first-order valence-electron chi connectivity index (χ1n) is 20.0. The minimum Gasteiger partial charge on any atom is -0.338 e. The van der Waals surface area contributed by atoms with Crippen LogP contribution in [0, 0.1) is 29.6 Å². The molecule has 2 aromatic carbocycles. The van der Waals surface area contributed by atoms with Crippen molar-refractivity contribution in [2.45, 2.75) is 78.3 Å². The number of hydrogen-bond acceptors (Lipinski definition) is 8. The number of anilines is 6. The van der Waals surface area contributed by atoms with Crippen LogP contribution in [0.25, 0.3) is 0 Å². The van der Waals surface area contributed by atoms with Gasteiger partial charge in [0.05, 0.1) is 48.2 Å². The fourth-order valence-electron chi connectivity index (χ4n) is 8.58. The standard InChI is InChI=1S/C23H33N5O.C19H25N5O.ClH/c1-16(2)12-24-13-17-8-10-18(11-9-17)23(29)28-15-19-14-25-27(3)22(19)26-20-6-4-5-7-21(20)28;1-23-18-15(11-21-23)12-24(17-5-3-2-4-16(17)22-18)19(25)14-8-6-13(10-20)7-9-14;/h4-7,14,16-18,24,26H,8-13,15H2,1-3H3;2-5,11,13-14,22H,6-10,12,20H2,1H3;1H. The van der Waals surface area contributed by atoms with Gasteiger partial charge in [-0.1, -0.05) is 38.1 Å². The molecule has 4 aliphatic rings. The van der Waals surface area contributed by atoms with E-state index in [9.17, 15) is 9.59 Å². The summed E-state index contributed by atoms with van der Waals surface area (Å²) in [6.45, 7) is 8.49. The number of nitrogens with zero attached hydrogens (tertiary/aromatic N) is 6. The first-order valence-corrected chi connectivity index (χ1v) is 20.0. The predicted octanol–water partition coefficient (Wildman–Crippen LogP) is 7.26. The second-order valence-electron chi connectivity index (χ2n) is 16.1. The molecule has 296 valence electrons. The number of para-hydroxylation sites is 4. The lowest BCUT2D eigenvalue weighted by atomic mass is 9.81. The van der Waals surface area contributed by atoms with Crippen molar-refractivity contribution in [3.63, 3.8) is 0 Å². The van der Waals surface area contributed by atoms with Crippen LogP contribution in [0.2, 0.25) is 0 Å². The quantitative estimate of drug-likeness (QED) is 0.154. The molecule has 5 N–H and O–H groups in total. The molecule has 0 bridgehead atoms. The third-order valence-electron chi connectivity index (χ3n) is 11.8. The number of carbonyl (C=O) groups excluding carboxylic acids is 2. The summed E-state index contributed by atoms with van der Waals surface area (Å²) in [7, 11) is 3.85. The molecule has 4 heterocycles. The molecule has 2 saturated carbocycles. The molecule has 0 saturated heterocycles. The molecule has 0 spiro atoms. The number of nitrogens with one attached hydrogen (secondary N) is 3. The molecule has 0 unspecified atom stereocenters. The molecule has 0 radical (unpaired) electrons. The monoisotopic (exact) mass is 770 g/mol. The zero-order chi connectivity index (χ0) is 37.8. The smallest absolute Gasteiger partial charge is 0.230 e. The van der Waals surface area contributed by atoms with Crippen molar-refractivity contribution in [1.82, 2.24) is 24.9 Å². The van der Waals surface area contributed by atoms with Gasteiger partial charge in [0.1, 0.15) is 11.6 Å². The maximum absolute atomic E-state index is 13.6. The molecule has 2 amide bonds. The molecule has 2 aliphatic carbocycles. The Morgan fingerprint density at radius 2 is 1.16 bits per heavy atom. The second kappa shape index (κ2) is 18.0. The molecular weight excluding hydrogens is 712 g/mol. The van der Waals surface area contributed by atoms with E-state index >= 15 is 0 Å². The Labute approximate surface area is 332 Å². The lowest BCUT2D eigenvalue weighted by Gasteiger charge is -2.32. The molecule has 2 fully saturated rings. The number of nitrogens with two attached hydrogens (primary N) is 1. The highest BCUT2D eigenvalue weighted by Crippen LogP contribution is 2.40. The number of aryl methyl sites for hydroxylation is 2. The van der Waals surface area contributed by atoms with Crippen LogP contribution in [0.1, 0.15) is 76.3 Å². The maximum atomic E-state index is 13.6. The summed E-state index contributed by atoms with van der Waals surface area (Å²) in [5, 5.41) is 19.2. The Bertz CT molecular complexity index is 1910. The van der Waals surface area contributed by atoms with Gasteiger partial charge >= 0.3 is 0 Å². The van der Waals surface area contributed by atoms with Crippen molar-refractivity contribution < 1.29 is 9.59 Å². The topological polar surface area (TPSA) is 138 Å². The van der Waals surface area contributed by atoms with Crippen LogP contribution in [0.5, 0.6) is 0 Å². The van der Waals surface area contributed by atoms with E-state index in [1.165, 1.54) is 0 Å². The van der Waals surface area contributed by atoms with Gasteiger partial charge in [-0.05, 0) is 113 Å². The van der Waals surface area contributed by atoms with Gasteiger partial charge in [0.2, 0.25) is 11.8 Å². The number of amides is 2. The fraction of sp³-hybridized carbons (Fsp3) is 0.524. The maximum Gasteiger partial charge on any atom is 0.230 e. The summed E-state index contributed by atoms with van der Waals surface area (Å²) in [5.74, 6) is 4.56. The predicted molar refractivity (Wildman–Crippen MR) is 223 cm³/mol. The van der Waals surface area contributed by atoms with Gasteiger partial charge in [0.15, 0.2) is 0 Å². The molecular formula is C42H59ClN10O2. The fourth-order valence-corrected chi connectivity index (χ4v) is 8.58. The van der Waals surface area contributed by atoms with Gasteiger partial charge in [-0.15, -0.1) is 12.4 Å². The third kappa shape index (κ3) is 9.03. The Kier molecular flexibility index (Phi) is 13.2. The first kappa shape index (κ1) is 40.3. The Balaban J connectivity index is 0.000000185. The molecule has 0 atom stereocenters. The van der Waals surface area contributed by atoms with Crippen LogP contribution in [-0.4, -0.2) is 51.0 Å². The number of halogens is 1. The van der Waals surface area contributed by atoms with E-state index in [1.54, 1.807) is 0 Å². The summed E-state index contributed by atoms with van der Waals surface area (Å²) in [6.07, 6.45) is 11.9. The minimum atomic E-state index is 0. The molecule has 2 aliphatic heterocycles. The number of fused-ring (bicyclic) bond motifs is 4. The average molecular weight is 771 g/mol. The van der Waals surface area contributed by atoms with Crippen molar-refractivity contribution in [2.24, 2.45) is 49.4 Å². The van der Waals surface area contributed by atoms with Gasteiger partial charge in [-0.2, -0.15) is 10.2 Å². The summed E-state index contributed by atoms with van der Waals surface area (Å²) in [5.41, 5.74) is 11.7. The van der Waals surface area contributed by atoms with Gasteiger partial charge in [-0.3, -0.25) is 19.0 Å². The van der Waals surface area contributed by atoms with E-state index in [2.05, 4.69) is 40.0 Å². The van der Waals surface area contributed by atoms with Crippen molar-refractivity contribution in [3.8, 4) is 0 Å². The van der Waals surface area contributed by atoms with Crippen molar-refractivity contribution in [2.75, 3.05) is 40.1 Å². The highest BCUT2D eigenvalue weighted by atomic mass is 35.5. The summed E-state index contributed by atoms with van der Waals surface area (Å²) in [4.78, 5) is 30.8. The molecule has 2 aromatic heterocycles. The largest absolute Gasteiger partial charge is 0.338 e. The van der Waals surface area contributed by atoms with E-state index in [-0.39, 0.29) is 36.1 Å². The Hall–Kier alpha value is -4.39. The zero-order valence-corrected chi connectivity index (χ0v) is 33.7. The SMILES string of the molecule is CC(C)CNCC1CCC(C(=O)N2Cc3cnn(C)c3Nc3ccccc32)CC1.Cl.Cn1ncc2c1Nc1ccccc1N(C(=O)C1CCC(CN)CC1)C2. The van der Waals surface area contributed by atoms with Crippen LogP contribution in [0.15, 0.2) is 60.9 Å². The first-order chi connectivity index (χ1) is 26.2. The number of carbonyl (C=O) groups is 2. The lowest BCUT2D eigenvalue weighted by Crippen LogP contribution is -2.38. The highest BCUT2D eigenvalue weighted by molar-refractivity contribution is 6.00. The molecule has 4 aromatic rings. The van der Waals surface area contributed by atoms with Crippen LogP contribution < -0.4 is 31.5 Å². The van der Waals surface area contributed by atoms with Crippen LogP contribution >= 0.6 is 12.4 Å². The van der Waals surface area contributed by atoms with Gasteiger partial charge in [0.25, 0.3) is 0 Å². The van der Waals surface area contributed by atoms with E-state index in [0.717, 1.165) is 117 Å². The van der Waals surface area contributed by atoms with Gasteiger partial charge in [-0.25, -0.2) is 0 Å². The molecule has 8 rings (SSSR count). The molecule has 12 nitrogen and oxygen atoms in total. The third-order valence-corrected chi connectivity index (χ3v) is 11.8. The number of hydrogen-bond donors (Lipinski definition) is 4. The van der Waals surface area contributed by atoms with Crippen molar-refractivity contribution in [1.29, 1.82) is 0 Å². The molecule has 13 heteroatoms. The number of aromatic nitrogens is 4. The minimum absolute atomic E-state index is 0. The van der Waals surface area contributed by atoms with Crippen molar-refractivity contribution in [3.05, 3.63) is 72.1 Å².